The second-order valence-electron chi connectivity index (χ2n) is 5.47. The van der Waals surface area contributed by atoms with Crippen LogP contribution in [0.1, 0.15) is 16.7 Å². The minimum absolute atomic E-state index is 0.0617. The molecule has 0 bridgehead atoms. The molecule has 0 aliphatic carbocycles. The maximum absolute atomic E-state index is 12.1. The van der Waals surface area contributed by atoms with E-state index >= 15 is 0 Å². The van der Waals surface area contributed by atoms with E-state index in [1.54, 1.807) is 19.9 Å². The van der Waals surface area contributed by atoms with E-state index in [-0.39, 0.29) is 24.9 Å². The predicted molar refractivity (Wildman–Crippen MR) is 88.2 cm³/mol. The van der Waals surface area contributed by atoms with Crippen LogP contribution in [0.25, 0.3) is 11.0 Å². The highest BCUT2D eigenvalue weighted by molar-refractivity contribution is 5.86. The fourth-order valence-electron chi connectivity index (χ4n) is 2.36. The van der Waals surface area contributed by atoms with E-state index in [2.05, 4.69) is 5.32 Å². The highest BCUT2D eigenvalue weighted by Gasteiger charge is 2.15. The summed E-state index contributed by atoms with van der Waals surface area (Å²) in [6.45, 7) is 4.33. The first-order chi connectivity index (χ1) is 11.4. The van der Waals surface area contributed by atoms with Gasteiger partial charge in [0.15, 0.2) is 0 Å². The smallest absolute Gasteiger partial charge is 0.340 e. The number of benzene rings is 1. The second-order valence-corrected chi connectivity index (χ2v) is 5.47. The third-order valence-corrected chi connectivity index (χ3v) is 3.71. The Morgan fingerprint density at radius 2 is 2.08 bits per heavy atom. The molecule has 1 amide bonds. The lowest BCUT2D eigenvalue weighted by Crippen LogP contribution is -2.30. The molecule has 0 unspecified atom stereocenters. The van der Waals surface area contributed by atoms with E-state index in [9.17, 15) is 14.7 Å². The number of rotatable bonds is 7. The maximum Gasteiger partial charge on any atom is 0.340 e. The van der Waals surface area contributed by atoms with Gasteiger partial charge in [0.25, 0.3) is 0 Å². The van der Waals surface area contributed by atoms with Gasteiger partial charge < -0.3 is 24.3 Å². The number of carbonyl (C=O) groups excluding carboxylic acids is 1. The number of nitrogens with one attached hydrogen (secondary N) is 1. The van der Waals surface area contributed by atoms with Gasteiger partial charge in [-0.1, -0.05) is 0 Å². The van der Waals surface area contributed by atoms with Crippen LogP contribution < -0.4 is 10.9 Å². The van der Waals surface area contributed by atoms with Crippen molar-refractivity contribution in [1.82, 2.24) is 5.32 Å². The molecule has 0 atom stereocenters. The number of aromatic hydroxyl groups is 1. The number of hydrogen-bond donors (Lipinski definition) is 2. The van der Waals surface area contributed by atoms with Gasteiger partial charge in [0.2, 0.25) is 5.91 Å². The lowest BCUT2D eigenvalue weighted by atomic mass is 10.0. The molecule has 0 saturated carbocycles. The number of carbonyl (C=O) groups is 1. The van der Waals surface area contributed by atoms with Gasteiger partial charge in [0, 0.05) is 25.1 Å². The van der Waals surface area contributed by atoms with Crippen molar-refractivity contribution in [3.63, 3.8) is 0 Å². The highest BCUT2D eigenvalue weighted by atomic mass is 16.7. The van der Waals surface area contributed by atoms with Gasteiger partial charge in [-0.3, -0.25) is 4.79 Å². The summed E-state index contributed by atoms with van der Waals surface area (Å²) in [5, 5.41) is 13.1. The number of methoxy groups -OCH3 is 1. The molecule has 0 aliphatic rings. The molecule has 0 saturated heterocycles. The quantitative estimate of drug-likeness (QED) is 0.451. The molecule has 1 heterocycles. The van der Waals surface area contributed by atoms with Crippen LogP contribution >= 0.6 is 0 Å². The van der Waals surface area contributed by atoms with Crippen molar-refractivity contribution >= 4 is 16.9 Å². The molecule has 0 spiro atoms. The Morgan fingerprint density at radius 1 is 1.33 bits per heavy atom. The van der Waals surface area contributed by atoms with Crippen LogP contribution in [-0.2, 0) is 20.7 Å². The number of hydrogen-bond acceptors (Lipinski definition) is 6. The van der Waals surface area contributed by atoms with Crippen LogP contribution in [0, 0.1) is 13.8 Å². The van der Waals surface area contributed by atoms with Gasteiger partial charge in [-0.25, -0.2) is 4.79 Å². The molecule has 1 aromatic heterocycles. The maximum atomic E-state index is 12.1. The Balaban J connectivity index is 2.15. The molecular weight excluding hydrogens is 314 g/mol. The second kappa shape index (κ2) is 7.94. The number of amides is 1. The molecule has 2 N–H and O–H groups in total. The third kappa shape index (κ3) is 4.12. The Hall–Kier alpha value is -2.38. The van der Waals surface area contributed by atoms with Crippen molar-refractivity contribution in [3.05, 3.63) is 39.2 Å². The Morgan fingerprint density at radius 3 is 2.79 bits per heavy atom. The summed E-state index contributed by atoms with van der Waals surface area (Å²) in [4.78, 5) is 24.1. The molecule has 2 rings (SSSR count). The van der Waals surface area contributed by atoms with Crippen molar-refractivity contribution in [2.75, 3.05) is 27.1 Å². The van der Waals surface area contributed by atoms with Crippen LogP contribution in [0.15, 0.2) is 21.3 Å². The van der Waals surface area contributed by atoms with Crippen LogP contribution in [0.2, 0.25) is 0 Å². The lowest BCUT2D eigenvalue weighted by Gasteiger charge is -2.10. The fourth-order valence-corrected chi connectivity index (χ4v) is 2.36. The summed E-state index contributed by atoms with van der Waals surface area (Å²) >= 11 is 0. The molecule has 24 heavy (non-hydrogen) atoms. The summed E-state index contributed by atoms with van der Waals surface area (Å²) in [6.07, 6.45) is -0.0751. The number of ether oxygens (including phenoxy) is 2. The van der Waals surface area contributed by atoms with Gasteiger partial charge >= 0.3 is 5.63 Å². The van der Waals surface area contributed by atoms with E-state index in [1.807, 2.05) is 0 Å². The summed E-state index contributed by atoms with van der Waals surface area (Å²) in [6, 6.07) is 3.15. The SMILES string of the molecule is COCOCCNC(=O)Cc1c(C)c2cc(C)c(O)cc2oc1=O. The average Bonchev–Trinajstić information content (AvgIpc) is 2.53. The van der Waals surface area contributed by atoms with Crippen molar-refractivity contribution in [2.45, 2.75) is 20.3 Å². The largest absolute Gasteiger partial charge is 0.508 e. The minimum atomic E-state index is -0.575. The molecular formula is C17H21NO6. The van der Waals surface area contributed by atoms with Gasteiger partial charge in [-0.2, -0.15) is 0 Å². The van der Waals surface area contributed by atoms with E-state index < -0.39 is 5.63 Å². The first-order valence-corrected chi connectivity index (χ1v) is 7.53. The Bertz CT molecular complexity index is 796. The van der Waals surface area contributed by atoms with Crippen molar-refractivity contribution in [1.29, 1.82) is 0 Å². The average molecular weight is 335 g/mol. The Labute approximate surface area is 139 Å². The molecule has 2 aromatic rings. The molecule has 130 valence electrons. The summed E-state index contributed by atoms with van der Waals surface area (Å²) in [7, 11) is 1.52. The highest BCUT2D eigenvalue weighted by Crippen LogP contribution is 2.26. The van der Waals surface area contributed by atoms with Crippen molar-refractivity contribution < 1.29 is 23.8 Å². The summed E-state index contributed by atoms with van der Waals surface area (Å²) < 4.78 is 15.0. The number of aryl methyl sites for hydroxylation is 2. The zero-order chi connectivity index (χ0) is 17.7. The first-order valence-electron chi connectivity index (χ1n) is 7.53. The number of phenols is 1. The minimum Gasteiger partial charge on any atom is -0.508 e. The predicted octanol–water partition coefficient (Wildman–Crippen LogP) is 1.39. The molecule has 1 aromatic carbocycles. The fraction of sp³-hybridized carbons (Fsp3) is 0.412. The van der Waals surface area contributed by atoms with Crippen LogP contribution in [0.4, 0.5) is 0 Å². The van der Waals surface area contributed by atoms with Crippen LogP contribution in [0.5, 0.6) is 5.75 Å². The topological polar surface area (TPSA) is 98.0 Å². The zero-order valence-electron chi connectivity index (χ0n) is 14.0. The van der Waals surface area contributed by atoms with Crippen molar-refractivity contribution in [2.24, 2.45) is 0 Å². The van der Waals surface area contributed by atoms with Crippen molar-refractivity contribution in [3.8, 4) is 5.75 Å². The van der Waals surface area contributed by atoms with E-state index in [4.69, 9.17) is 13.9 Å². The van der Waals surface area contributed by atoms with Gasteiger partial charge in [-0.05, 0) is 31.0 Å². The Kier molecular flexibility index (Phi) is 5.94. The summed E-state index contributed by atoms with van der Waals surface area (Å²) in [5.74, 6) is -0.229. The van der Waals surface area contributed by atoms with Crippen LogP contribution in [-0.4, -0.2) is 38.1 Å². The summed E-state index contributed by atoms with van der Waals surface area (Å²) in [5.41, 5.74) is 1.38. The number of fused-ring (bicyclic) bond motifs is 1. The number of phenolic OH excluding ortho intramolecular Hbond substituents is 1. The third-order valence-electron chi connectivity index (χ3n) is 3.71. The van der Waals surface area contributed by atoms with E-state index in [1.165, 1.54) is 13.2 Å². The normalized spacial score (nSPS) is 11.0. The van der Waals surface area contributed by atoms with E-state index in [0.717, 1.165) is 0 Å². The van der Waals surface area contributed by atoms with E-state index in [0.29, 0.717) is 40.8 Å². The van der Waals surface area contributed by atoms with Gasteiger partial charge in [-0.15, -0.1) is 0 Å². The molecule has 0 aliphatic heterocycles. The molecule has 7 nitrogen and oxygen atoms in total. The van der Waals surface area contributed by atoms with Gasteiger partial charge in [0.1, 0.15) is 18.1 Å². The molecule has 0 fully saturated rings. The molecule has 0 radical (unpaired) electrons. The van der Waals surface area contributed by atoms with Crippen LogP contribution in [0.3, 0.4) is 0 Å². The zero-order valence-corrected chi connectivity index (χ0v) is 14.0. The standard InChI is InChI=1S/C17H21NO6/c1-10-6-12-11(2)13(17(21)24-15(12)8-14(10)19)7-16(20)18-4-5-23-9-22-3/h6,8,19H,4-5,7,9H2,1-3H3,(H,18,20). The first kappa shape index (κ1) is 18.0. The van der Waals surface area contributed by atoms with Gasteiger partial charge in [0.05, 0.1) is 18.6 Å². The monoisotopic (exact) mass is 335 g/mol. The molecule has 7 heteroatoms. The lowest BCUT2D eigenvalue weighted by molar-refractivity contribution is -0.121.